The largest absolute Gasteiger partial charge is 0.0619 e. The standard InChI is InChI=1S/C30H22/c1-3-10-20-18(8-1)16-24-26(20)23-17-19-9-2-4-11-21(19)27(23)29-28(24)22-12-5-6-13-25(22)30(29)14-7-15-30/h1-6,8-13H,7,14-17H2. The molecule has 0 nitrogen and oxygen atoms in total. The summed E-state index contributed by atoms with van der Waals surface area (Å²) in [4.78, 5) is 0. The fraction of sp³-hybridized carbons (Fsp3) is 0.200. The lowest BCUT2D eigenvalue weighted by Crippen LogP contribution is -2.34. The molecule has 0 unspecified atom stereocenters. The topological polar surface area (TPSA) is 0 Å². The number of rotatable bonds is 0. The van der Waals surface area contributed by atoms with Gasteiger partial charge < -0.3 is 0 Å². The average molecular weight is 383 g/mol. The molecular formula is C30H22. The molecule has 4 aliphatic carbocycles. The summed E-state index contributed by atoms with van der Waals surface area (Å²) < 4.78 is 0. The van der Waals surface area contributed by atoms with E-state index in [1.54, 1.807) is 38.9 Å². The number of fused-ring (bicyclic) bond motifs is 14. The van der Waals surface area contributed by atoms with E-state index in [0.29, 0.717) is 0 Å². The minimum absolute atomic E-state index is 0.247. The number of hydrogen-bond acceptors (Lipinski definition) is 0. The van der Waals surface area contributed by atoms with Crippen LogP contribution in [0.25, 0.3) is 33.4 Å². The first-order valence-corrected chi connectivity index (χ1v) is 11.4. The molecule has 4 aromatic carbocycles. The first-order valence-electron chi connectivity index (χ1n) is 11.4. The number of hydrogen-bond donors (Lipinski definition) is 0. The normalized spacial score (nSPS) is 17.6. The summed E-state index contributed by atoms with van der Waals surface area (Å²) >= 11 is 0. The molecule has 0 bridgehead atoms. The fourth-order valence-electron chi connectivity index (χ4n) is 7.13. The Balaban J connectivity index is 1.59. The van der Waals surface area contributed by atoms with Crippen LogP contribution in [0.3, 0.4) is 0 Å². The second-order valence-corrected chi connectivity index (χ2v) is 9.61. The molecule has 4 aliphatic rings. The summed E-state index contributed by atoms with van der Waals surface area (Å²) in [5.41, 5.74) is 19.0. The van der Waals surface area contributed by atoms with E-state index in [1.165, 1.54) is 47.1 Å². The summed E-state index contributed by atoms with van der Waals surface area (Å²) in [6, 6.07) is 27.6. The van der Waals surface area contributed by atoms with Crippen molar-refractivity contribution in [2.45, 2.75) is 37.5 Å². The number of benzene rings is 4. The molecule has 4 aromatic rings. The minimum Gasteiger partial charge on any atom is -0.0619 e. The van der Waals surface area contributed by atoms with Gasteiger partial charge in [0.2, 0.25) is 0 Å². The second kappa shape index (κ2) is 5.13. The zero-order chi connectivity index (χ0) is 19.4. The first-order chi connectivity index (χ1) is 14.9. The predicted molar refractivity (Wildman–Crippen MR) is 123 cm³/mol. The molecule has 142 valence electrons. The van der Waals surface area contributed by atoms with Crippen LogP contribution in [-0.4, -0.2) is 0 Å². The van der Waals surface area contributed by atoms with E-state index in [0.717, 1.165) is 12.8 Å². The van der Waals surface area contributed by atoms with Crippen LogP contribution in [0.5, 0.6) is 0 Å². The van der Waals surface area contributed by atoms with Crippen LogP contribution in [0, 0.1) is 0 Å². The van der Waals surface area contributed by atoms with Crippen LogP contribution in [0.1, 0.15) is 52.6 Å². The van der Waals surface area contributed by atoms with Gasteiger partial charge in [-0.25, -0.2) is 0 Å². The van der Waals surface area contributed by atoms with Gasteiger partial charge in [-0.1, -0.05) is 79.2 Å². The monoisotopic (exact) mass is 382 g/mol. The maximum atomic E-state index is 2.43. The highest BCUT2D eigenvalue weighted by Crippen LogP contribution is 2.66. The van der Waals surface area contributed by atoms with Gasteiger partial charge in [-0.3, -0.25) is 0 Å². The van der Waals surface area contributed by atoms with E-state index in [1.807, 2.05) is 0 Å². The van der Waals surface area contributed by atoms with Gasteiger partial charge in [0.1, 0.15) is 0 Å². The van der Waals surface area contributed by atoms with E-state index in [9.17, 15) is 0 Å². The quantitative estimate of drug-likeness (QED) is 0.259. The molecule has 8 rings (SSSR count). The van der Waals surface area contributed by atoms with Crippen molar-refractivity contribution in [3.8, 4) is 33.4 Å². The fourth-order valence-corrected chi connectivity index (χ4v) is 7.13. The Bertz CT molecular complexity index is 1390. The van der Waals surface area contributed by atoms with Gasteiger partial charge in [-0.2, -0.15) is 0 Å². The van der Waals surface area contributed by atoms with E-state index in [2.05, 4.69) is 72.8 Å². The van der Waals surface area contributed by atoms with Crippen molar-refractivity contribution in [3.05, 3.63) is 106 Å². The second-order valence-electron chi connectivity index (χ2n) is 9.61. The van der Waals surface area contributed by atoms with Crippen LogP contribution in [-0.2, 0) is 18.3 Å². The Morgan fingerprint density at radius 2 is 1.07 bits per heavy atom. The molecule has 1 saturated carbocycles. The Morgan fingerprint density at radius 1 is 0.533 bits per heavy atom. The molecule has 0 heterocycles. The minimum atomic E-state index is 0.247. The van der Waals surface area contributed by atoms with Gasteiger partial charge >= 0.3 is 0 Å². The summed E-state index contributed by atoms with van der Waals surface area (Å²) in [5, 5.41) is 0. The summed E-state index contributed by atoms with van der Waals surface area (Å²) in [6.45, 7) is 0. The van der Waals surface area contributed by atoms with Crippen molar-refractivity contribution in [1.29, 1.82) is 0 Å². The maximum Gasteiger partial charge on any atom is 0.0221 e. The van der Waals surface area contributed by atoms with Crippen molar-refractivity contribution in [2.24, 2.45) is 0 Å². The molecular weight excluding hydrogens is 360 g/mol. The lowest BCUT2D eigenvalue weighted by molar-refractivity contribution is 0.309. The van der Waals surface area contributed by atoms with Crippen LogP contribution in [0.4, 0.5) is 0 Å². The lowest BCUT2D eigenvalue weighted by Gasteiger charge is -2.42. The van der Waals surface area contributed by atoms with Crippen LogP contribution in [0.2, 0.25) is 0 Å². The molecule has 0 amide bonds. The SMILES string of the molecule is c1ccc2c(c1)Cc1c-2c2c(c3c1-c1ccccc1C31CCC1)-c1ccccc1C2. The zero-order valence-corrected chi connectivity index (χ0v) is 17.0. The van der Waals surface area contributed by atoms with Crippen LogP contribution in [0.15, 0.2) is 72.8 Å². The zero-order valence-electron chi connectivity index (χ0n) is 17.0. The van der Waals surface area contributed by atoms with Gasteiger partial charge in [0.25, 0.3) is 0 Å². The highest BCUT2D eigenvalue weighted by atomic mass is 14.5. The molecule has 0 aromatic heterocycles. The van der Waals surface area contributed by atoms with E-state index in [-0.39, 0.29) is 5.41 Å². The van der Waals surface area contributed by atoms with Crippen LogP contribution < -0.4 is 0 Å². The molecule has 0 aliphatic heterocycles. The van der Waals surface area contributed by atoms with E-state index >= 15 is 0 Å². The van der Waals surface area contributed by atoms with Gasteiger partial charge in [-0.05, 0) is 92.4 Å². The van der Waals surface area contributed by atoms with Gasteiger partial charge in [0, 0.05) is 5.41 Å². The van der Waals surface area contributed by atoms with E-state index < -0.39 is 0 Å². The molecule has 1 fully saturated rings. The Labute approximate surface area is 177 Å². The molecule has 1 spiro atoms. The summed E-state index contributed by atoms with van der Waals surface area (Å²) in [5.74, 6) is 0. The Kier molecular flexibility index (Phi) is 2.68. The highest BCUT2D eigenvalue weighted by molar-refractivity contribution is 6.02. The van der Waals surface area contributed by atoms with Gasteiger partial charge in [0.15, 0.2) is 0 Å². The molecule has 30 heavy (non-hydrogen) atoms. The highest BCUT2D eigenvalue weighted by Gasteiger charge is 2.51. The van der Waals surface area contributed by atoms with Crippen molar-refractivity contribution < 1.29 is 0 Å². The summed E-state index contributed by atoms with van der Waals surface area (Å²) in [7, 11) is 0. The summed E-state index contributed by atoms with van der Waals surface area (Å²) in [6.07, 6.45) is 6.12. The Morgan fingerprint density at radius 3 is 1.70 bits per heavy atom. The average Bonchev–Trinajstić information content (AvgIpc) is 3.40. The molecule has 0 heteroatoms. The van der Waals surface area contributed by atoms with Gasteiger partial charge in [0.05, 0.1) is 0 Å². The van der Waals surface area contributed by atoms with Crippen molar-refractivity contribution in [1.82, 2.24) is 0 Å². The molecule has 0 radical (unpaired) electrons. The lowest BCUT2D eigenvalue weighted by atomic mass is 9.61. The maximum absolute atomic E-state index is 2.43. The van der Waals surface area contributed by atoms with Crippen molar-refractivity contribution in [2.75, 3.05) is 0 Å². The van der Waals surface area contributed by atoms with E-state index in [4.69, 9.17) is 0 Å². The smallest absolute Gasteiger partial charge is 0.0221 e. The molecule has 0 atom stereocenters. The third-order valence-electron chi connectivity index (χ3n) is 8.41. The van der Waals surface area contributed by atoms with Gasteiger partial charge in [-0.15, -0.1) is 0 Å². The molecule has 0 N–H and O–H groups in total. The third-order valence-corrected chi connectivity index (χ3v) is 8.41. The molecule has 0 saturated heterocycles. The third kappa shape index (κ3) is 1.61. The van der Waals surface area contributed by atoms with Crippen molar-refractivity contribution in [3.63, 3.8) is 0 Å². The van der Waals surface area contributed by atoms with Crippen LogP contribution >= 0.6 is 0 Å². The van der Waals surface area contributed by atoms with Crippen molar-refractivity contribution >= 4 is 0 Å². The Hall–Kier alpha value is -3.12. The predicted octanol–water partition coefficient (Wildman–Crippen LogP) is 7.28. The first kappa shape index (κ1) is 15.7.